The Balaban J connectivity index is 1.27. The quantitative estimate of drug-likeness (QED) is 0.186. The van der Waals surface area contributed by atoms with Crippen molar-refractivity contribution < 1.29 is 0 Å². The lowest BCUT2D eigenvalue weighted by atomic mass is 9.97. The van der Waals surface area contributed by atoms with Crippen LogP contribution in [0.1, 0.15) is 0 Å². The Morgan fingerprint density at radius 2 is 1.04 bits per heavy atom. The zero-order chi connectivity index (χ0) is 30.9. The summed E-state index contributed by atoms with van der Waals surface area (Å²) in [4.78, 5) is 2.45. The molecule has 0 atom stereocenters. The summed E-state index contributed by atoms with van der Waals surface area (Å²) in [5.74, 6) is 0. The van der Waals surface area contributed by atoms with Gasteiger partial charge < -0.3 is 4.90 Å². The molecule has 2 aromatic heterocycles. The minimum absolute atomic E-state index is 1.14. The van der Waals surface area contributed by atoms with Gasteiger partial charge in [-0.3, -0.25) is 0 Å². The van der Waals surface area contributed by atoms with E-state index in [9.17, 15) is 0 Å². The molecule has 1 nitrogen and oxygen atoms in total. The second-order valence-corrected chi connectivity index (χ2v) is 14.2. The number of rotatable bonds is 4. The van der Waals surface area contributed by atoms with Crippen LogP contribution in [0.5, 0.6) is 0 Å². The number of thiophene rings is 2. The van der Waals surface area contributed by atoms with Crippen molar-refractivity contribution in [3.05, 3.63) is 164 Å². The fourth-order valence-corrected chi connectivity index (χ4v) is 9.75. The molecule has 0 saturated heterocycles. The van der Waals surface area contributed by atoms with Crippen LogP contribution in [0.15, 0.2) is 164 Å². The second kappa shape index (κ2) is 10.5. The van der Waals surface area contributed by atoms with E-state index in [1.807, 2.05) is 22.7 Å². The number of para-hydroxylation sites is 1. The van der Waals surface area contributed by atoms with Gasteiger partial charge in [0.25, 0.3) is 0 Å². The van der Waals surface area contributed by atoms with Gasteiger partial charge in [-0.25, -0.2) is 0 Å². The molecule has 3 heteroatoms. The van der Waals surface area contributed by atoms with E-state index in [4.69, 9.17) is 0 Å². The third-order valence-corrected chi connectivity index (χ3v) is 11.7. The zero-order valence-electron chi connectivity index (χ0n) is 25.4. The van der Waals surface area contributed by atoms with E-state index in [0.29, 0.717) is 0 Å². The Labute approximate surface area is 280 Å². The number of hydrogen-bond donors (Lipinski definition) is 0. The van der Waals surface area contributed by atoms with Gasteiger partial charge in [0.05, 0.1) is 5.69 Å². The van der Waals surface area contributed by atoms with Gasteiger partial charge in [-0.1, -0.05) is 115 Å². The minimum atomic E-state index is 1.14. The maximum atomic E-state index is 2.45. The number of benzene rings is 8. The summed E-state index contributed by atoms with van der Waals surface area (Å²) in [7, 11) is 0. The second-order valence-electron chi connectivity index (χ2n) is 12.1. The van der Waals surface area contributed by atoms with E-state index in [0.717, 1.165) is 11.4 Å². The first-order chi connectivity index (χ1) is 23.3. The van der Waals surface area contributed by atoms with E-state index in [2.05, 4.69) is 169 Å². The van der Waals surface area contributed by atoms with E-state index < -0.39 is 0 Å². The van der Waals surface area contributed by atoms with E-state index in [1.54, 1.807) is 0 Å². The lowest BCUT2D eigenvalue weighted by molar-refractivity contribution is 1.30. The van der Waals surface area contributed by atoms with Crippen molar-refractivity contribution in [1.29, 1.82) is 0 Å². The van der Waals surface area contributed by atoms with Crippen molar-refractivity contribution in [2.24, 2.45) is 0 Å². The first kappa shape index (κ1) is 26.7. The minimum Gasteiger partial charge on any atom is -0.310 e. The average molecular weight is 634 g/mol. The van der Waals surface area contributed by atoms with Crippen molar-refractivity contribution in [2.75, 3.05) is 4.90 Å². The largest absolute Gasteiger partial charge is 0.310 e. The van der Waals surface area contributed by atoms with Crippen LogP contribution in [0.4, 0.5) is 17.1 Å². The van der Waals surface area contributed by atoms with Crippen LogP contribution in [0, 0.1) is 0 Å². The highest BCUT2D eigenvalue weighted by atomic mass is 32.1. The van der Waals surface area contributed by atoms with Crippen LogP contribution < -0.4 is 4.90 Å². The summed E-state index contributed by atoms with van der Waals surface area (Å²) >= 11 is 3.81. The number of nitrogens with zero attached hydrogens (tertiary/aromatic N) is 1. The smallest absolute Gasteiger partial charge is 0.0555 e. The molecular formula is C44H27NS2. The Morgan fingerprint density at radius 1 is 0.383 bits per heavy atom. The normalized spacial score (nSPS) is 11.8. The monoisotopic (exact) mass is 633 g/mol. The van der Waals surface area contributed by atoms with Gasteiger partial charge in [-0.05, 0) is 81.2 Å². The fourth-order valence-electron chi connectivity index (χ4n) is 7.36. The molecule has 2 heterocycles. The molecular weight excluding hydrogens is 607 g/mol. The summed E-state index contributed by atoms with van der Waals surface area (Å²) in [6.45, 7) is 0. The van der Waals surface area contributed by atoms with Crippen LogP contribution in [0.25, 0.3) is 73.0 Å². The molecule has 0 fully saturated rings. The van der Waals surface area contributed by atoms with Gasteiger partial charge >= 0.3 is 0 Å². The van der Waals surface area contributed by atoms with Crippen LogP contribution in [-0.4, -0.2) is 0 Å². The molecule has 10 rings (SSSR count). The van der Waals surface area contributed by atoms with Crippen LogP contribution in [0.3, 0.4) is 0 Å². The molecule has 0 saturated carbocycles. The topological polar surface area (TPSA) is 3.24 Å². The molecule has 0 N–H and O–H groups in total. The molecule has 0 aliphatic carbocycles. The predicted octanol–water partition coefficient (Wildman–Crippen LogP) is 13.9. The molecule has 0 amide bonds. The maximum Gasteiger partial charge on any atom is 0.0555 e. The molecule has 0 aliphatic rings. The zero-order valence-corrected chi connectivity index (χ0v) is 27.0. The summed E-state index contributed by atoms with van der Waals surface area (Å²) in [6.07, 6.45) is 0. The highest BCUT2D eigenvalue weighted by Crippen LogP contribution is 2.50. The van der Waals surface area contributed by atoms with Gasteiger partial charge in [-0.15, -0.1) is 22.7 Å². The van der Waals surface area contributed by atoms with Crippen molar-refractivity contribution >= 4 is 102 Å². The van der Waals surface area contributed by atoms with Gasteiger partial charge in [-0.2, -0.15) is 0 Å². The molecule has 0 unspecified atom stereocenters. The third kappa shape index (κ3) is 4.14. The maximum absolute atomic E-state index is 2.45. The van der Waals surface area contributed by atoms with Gasteiger partial charge in [0.15, 0.2) is 0 Å². The van der Waals surface area contributed by atoms with Crippen molar-refractivity contribution in [2.45, 2.75) is 0 Å². The average Bonchev–Trinajstić information content (AvgIpc) is 3.71. The van der Waals surface area contributed by atoms with Crippen molar-refractivity contribution in [1.82, 2.24) is 0 Å². The lowest BCUT2D eigenvalue weighted by Gasteiger charge is -2.27. The van der Waals surface area contributed by atoms with Crippen LogP contribution in [-0.2, 0) is 0 Å². The summed E-state index contributed by atoms with van der Waals surface area (Å²) in [5.41, 5.74) is 5.93. The van der Waals surface area contributed by atoms with Gasteiger partial charge in [0.2, 0.25) is 0 Å². The highest BCUT2D eigenvalue weighted by molar-refractivity contribution is 7.28. The lowest BCUT2D eigenvalue weighted by Crippen LogP contribution is -2.10. The Morgan fingerprint density at radius 3 is 1.91 bits per heavy atom. The summed E-state index contributed by atoms with van der Waals surface area (Å²) < 4.78 is 5.33. The van der Waals surface area contributed by atoms with Crippen molar-refractivity contribution in [3.8, 4) is 11.1 Å². The summed E-state index contributed by atoms with van der Waals surface area (Å²) in [5, 5.41) is 10.5. The SMILES string of the molecule is c1ccc(N(c2cccc(-c3cccc4ccccc34)c2)c2cccc3sc4ccc5sc6c7ccccc7ccc6c5c4c23)cc1. The molecule has 10 aromatic rings. The van der Waals surface area contributed by atoms with E-state index in [1.165, 1.54) is 78.7 Å². The molecule has 8 aromatic carbocycles. The van der Waals surface area contributed by atoms with Gasteiger partial charge in [0, 0.05) is 51.7 Å². The standard InChI is InChI=1S/C44H27NS2/c1-2-15-31(16-3-1)45(32-17-8-14-30(27-32)34-20-9-13-28-11-4-6-18-33(28)34)37-21-10-22-38-42(37)43-40(46-38)26-25-39-41(43)36-24-23-29-12-5-7-19-35(29)44(36)47-39/h1-27H. The van der Waals surface area contributed by atoms with Crippen molar-refractivity contribution in [3.63, 3.8) is 0 Å². The summed E-state index contributed by atoms with van der Waals surface area (Å²) in [6, 6.07) is 60.0. The molecule has 0 aliphatic heterocycles. The Bertz CT molecular complexity index is 2800. The van der Waals surface area contributed by atoms with Gasteiger partial charge in [0.1, 0.15) is 0 Å². The Hall–Kier alpha value is -5.48. The first-order valence-corrected chi connectivity index (χ1v) is 17.6. The van der Waals surface area contributed by atoms with E-state index in [-0.39, 0.29) is 0 Å². The van der Waals surface area contributed by atoms with Crippen LogP contribution >= 0.6 is 22.7 Å². The molecule has 0 radical (unpaired) electrons. The molecule has 47 heavy (non-hydrogen) atoms. The predicted molar refractivity (Wildman–Crippen MR) is 207 cm³/mol. The third-order valence-electron chi connectivity index (χ3n) is 9.42. The molecule has 0 spiro atoms. The number of anilines is 3. The molecule has 220 valence electrons. The van der Waals surface area contributed by atoms with Crippen LogP contribution in [0.2, 0.25) is 0 Å². The number of fused-ring (bicyclic) bond motifs is 10. The molecule has 0 bridgehead atoms. The highest BCUT2D eigenvalue weighted by Gasteiger charge is 2.22. The fraction of sp³-hybridized carbons (Fsp3) is 0. The number of hydrogen-bond acceptors (Lipinski definition) is 3. The van der Waals surface area contributed by atoms with E-state index >= 15 is 0 Å². The Kier molecular flexibility index (Phi) is 5.98. The first-order valence-electron chi connectivity index (χ1n) is 15.9.